The predicted octanol–water partition coefficient (Wildman–Crippen LogP) is 2.71. The number of carbonyl (C=O) groups is 2. The van der Waals surface area contributed by atoms with Crippen molar-refractivity contribution in [3.63, 3.8) is 0 Å². The first-order valence-electron chi connectivity index (χ1n) is 8.64. The molecule has 4 nitrogen and oxygen atoms in total. The number of fused-ring (bicyclic) bond motifs is 1. The molecule has 2 N–H and O–H groups in total. The van der Waals surface area contributed by atoms with Crippen LogP contribution in [0.2, 0.25) is 0 Å². The summed E-state index contributed by atoms with van der Waals surface area (Å²) in [5, 5.41) is 6.35. The molecule has 5 heteroatoms. The molecule has 0 spiro atoms. The summed E-state index contributed by atoms with van der Waals surface area (Å²) in [6, 6.07) is 8.57. The predicted molar refractivity (Wildman–Crippen MR) is 97.8 cm³/mol. The van der Waals surface area contributed by atoms with E-state index in [1.54, 1.807) is 11.8 Å². The van der Waals surface area contributed by atoms with E-state index in [1.807, 2.05) is 0 Å². The van der Waals surface area contributed by atoms with Gasteiger partial charge in [0, 0.05) is 23.9 Å². The van der Waals surface area contributed by atoms with E-state index in [4.69, 9.17) is 0 Å². The molecule has 2 unspecified atom stereocenters. The summed E-state index contributed by atoms with van der Waals surface area (Å²) in [6.07, 6.45) is 6.81. The van der Waals surface area contributed by atoms with Gasteiger partial charge in [0.1, 0.15) is 0 Å². The van der Waals surface area contributed by atoms with Gasteiger partial charge in [0.15, 0.2) is 0 Å². The van der Waals surface area contributed by atoms with Gasteiger partial charge in [-0.15, -0.1) is 11.8 Å². The van der Waals surface area contributed by atoms with E-state index in [0.29, 0.717) is 16.7 Å². The van der Waals surface area contributed by atoms with Crippen LogP contribution in [-0.4, -0.2) is 29.7 Å². The Morgan fingerprint density at radius 3 is 2.83 bits per heavy atom. The smallest absolute Gasteiger partial charge is 0.258 e. The van der Waals surface area contributed by atoms with E-state index in [9.17, 15) is 9.59 Å². The Kier molecular flexibility index (Phi) is 5.61. The van der Waals surface area contributed by atoms with Gasteiger partial charge >= 0.3 is 0 Å². The second kappa shape index (κ2) is 7.88. The quantitative estimate of drug-likeness (QED) is 0.826. The molecule has 0 aromatic heterocycles. The number of thioether (sulfide) groups is 1. The number of amides is 2. The molecule has 1 saturated heterocycles. The molecule has 2 aliphatic rings. The highest BCUT2D eigenvalue weighted by molar-refractivity contribution is 8.04. The number of nitrogens with one attached hydrogen (secondary N) is 2. The van der Waals surface area contributed by atoms with Crippen LogP contribution in [0.3, 0.4) is 0 Å². The molecule has 2 amide bonds. The van der Waals surface area contributed by atoms with Gasteiger partial charge in [-0.1, -0.05) is 42.7 Å². The van der Waals surface area contributed by atoms with Crippen molar-refractivity contribution in [3.8, 4) is 0 Å². The molecule has 24 heavy (non-hydrogen) atoms. The summed E-state index contributed by atoms with van der Waals surface area (Å²) in [5.74, 6) is -0.286. The second-order valence-electron chi connectivity index (χ2n) is 6.56. The van der Waals surface area contributed by atoms with Gasteiger partial charge in [0.25, 0.3) is 5.91 Å². The highest BCUT2D eigenvalue weighted by Crippen LogP contribution is 2.36. The topological polar surface area (TPSA) is 58.2 Å². The van der Waals surface area contributed by atoms with Crippen molar-refractivity contribution in [2.45, 2.75) is 50.3 Å². The molecular formula is C19H24N2O2S. The summed E-state index contributed by atoms with van der Waals surface area (Å²) in [6.45, 7) is 2.63. The van der Waals surface area contributed by atoms with Crippen molar-refractivity contribution in [3.05, 3.63) is 46.4 Å². The number of carbonyl (C=O) groups excluding carboxylic acids is 2. The van der Waals surface area contributed by atoms with Crippen LogP contribution in [0, 0.1) is 6.92 Å². The average Bonchev–Trinajstić information content (AvgIpc) is 2.57. The van der Waals surface area contributed by atoms with Crippen molar-refractivity contribution >= 4 is 23.6 Å². The zero-order chi connectivity index (χ0) is 16.9. The third kappa shape index (κ3) is 4.41. The first-order valence-corrected chi connectivity index (χ1v) is 9.52. The van der Waals surface area contributed by atoms with Gasteiger partial charge in [0.2, 0.25) is 5.91 Å². The summed E-state index contributed by atoms with van der Waals surface area (Å²) in [7, 11) is 0. The molecule has 128 valence electrons. The van der Waals surface area contributed by atoms with E-state index in [1.165, 1.54) is 30.0 Å². The number of benzene rings is 1. The van der Waals surface area contributed by atoms with E-state index in [2.05, 4.69) is 41.8 Å². The maximum atomic E-state index is 12.1. The van der Waals surface area contributed by atoms with Gasteiger partial charge in [-0.2, -0.15) is 0 Å². The number of aryl methyl sites for hydroxylation is 1. The Hall–Kier alpha value is -1.75. The molecular weight excluding hydrogens is 320 g/mol. The van der Waals surface area contributed by atoms with E-state index < -0.39 is 0 Å². The summed E-state index contributed by atoms with van der Waals surface area (Å²) < 4.78 is 0. The fourth-order valence-corrected chi connectivity index (χ4v) is 4.53. The van der Waals surface area contributed by atoms with Crippen molar-refractivity contribution in [2.24, 2.45) is 0 Å². The van der Waals surface area contributed by atoms with Gasteiger partial charge < -0.3 is 10.6 Å². The lowest BCUT2D eigenvalue weighted by atomic mass is 9.94. The Bertz CT molecular complexity index is 639. The molecule has 1 saturated carbocycles. The lowest BCUT2D eigenvalue weighted by Gasteiger charge is -2.36. The third-order valence-corrected chi connectivity index (χ3v) is 6.04. The van der Waals surface area contributed by atoms with Crippen LogP contribution in [0.15, 0.2) is 35.2 Å². The minimum Gasteiger partial charge on any atom is -0.352 e. The minimum atomic E-state index is -0.186. The van der Waals surface area contributed by atoms with Crippen LogP contribution < -0.4 is 10.6 Å². The molecule has 1 aliphatic heterocycles. The monoisotopic (exact) mass is 344 g/mol. The van der Waals surface area contributed by atoms with Crippen LogP contribution in [0.4, 0.5) is 0 Å². The maximum absolute atomic E-state index is 12.1. The normalized spacial score (nSPS) is 25.0. The molecule has 1 aliphatic carbocycles. The highest BCUT2D eigenvalue weighted by Gasteiger charge is 2.34. The van der Waals surface area contributed by atoms with Crippen molar-refractivity contribution in [2.75, 3.05) is 6.54 Å². The summed E-state index contributed by atoms with van der Waals surface area (Å²) in [5.41, 5.74) is 2.43. The molecule has 2 atom stereocenters. The Balaban J connectivity index is 1.50. The Morgan fingerprint density at radius 1 is 1.29 bits per heavy atom. The Morgan fingerprint density at radius 2 is 2.04 bits per heavy atom. The van der Waals surface area contributed by atoms with Gasteiger partial charge in [0.05, 0.1) is 4.91 Å². The molecule has 1 aromatic carbocycles. The number of hydrogen-bond donors (Lipinski definition) is 2. The van der Waals surface area contributed by atoms with Crippen LogP contribution in [0.25, 0.3) is 0 Å². The second-order valence-corrected chi connectivity index (χ2v) is 7.84. The summed E-state index contributed by atoms with van der Waals surface area (Å²) in [4.78, 5) is 24.8. The number of rotatable bonds is 4. The van der Waals surface area contributed by atoms with Gasteiger partial charge in [-0.05, 0) is 31.7 Å². The van der Waals surface area contributed by atoms with Gasteiger partial charge in [-0.3, -0.25) is 9.59 Å². The zero-order valence-electron chi connectivity index (χ0n) is 14.0. The average molecular weight is 344 g/mol. The third-order valence-electron chi connectivity index (χ3n) is 4.62. The molecule has 1 aromatic rings. The SMILES string of the molecule is Cc1ccc(CCNC(=O)/C=C2\SC3CCCCC3NC2=O)cc1. The Labute approximate surface area is 147 Å². The fraction of sp³-hybridized carbons (Fsp3) is 0.474. The van der Waals surface area contributed by atoms with E-state index >= 15 is 0 Å². The van der Waals surface area contributed by atoms with Crippen LogP contribution in [0.5, 0.6) is 0 Å². The molecule has 2 fully saturated rings. The van der Waals surface area contributed by atoms with Crippen molar-refractivity contribution in [1.82, 2.24) is 10.6 Å². The van der Waals surface area contributed by atoms with E-state index in [0.717, 1.165) is 19.3 Å². The molecule has 0 radical (unpaired) electrons. The summed E-state index contributed by atoms with van der Waals surface area (Å²) >= 11 is 1.57. The highest BCUT2D eigenvalue weighted by atomic mass is 32.2. The molecule has 0 bridgehead atoms. The van der Waals surface area contributed by atoms with Crippen LogP contribution in [-0.2, 0) is 16.0 Å². The first kappa shape index (κ1) is 17.1. The lowest BCUT2D eigenvalue weighted by molar-refractivity contribution is -0.119. The van der Waals surface area contributed by atoms with Gasteiger partial charge in [-0.25, -0.2) is 0 Å². The van der Waals surface area contributed by atoms with E-state index in [-0.39, 0.29) is 17.9 Å². The zero-order valence-corrected chi connectivity index (χ0v) is 14.8. The lowest BCUT2D eigenvalue weighted by Crippen LogP contribution is -2.48. The van der Waals surface area contributed by atoms with Crippen molar-refractivity contribution < 1.29 is 9.59 Å². The maximum Gasteiger partial charge on any atom is 0.258 e. The largest absolute Gasteiger partial charge is 0.352 e. The fourth-order valence-electron chi connectivity index (χ4n) is 3.21. The first-order chi connectivity index (χ1) is 11.6. The molecule has 3 rings (SSSR count). The van der Waals surface area contributed by atoms with Crippen molar-refractivity contribution in [1.29, 1.82) is 0 Å². The van der Waals surface area contributed by atoms with Crippen LogP contribution >= 0.6 is 11.8 Å². The number of hydrogen-bond acceptors (Lipinski definition) is 3. The van der Waals surface area contributed by atoms with Crippen LogP contribution in [0.1, 0.15) is 36.8 Å². The molecule has 1 heterocycles. The minimum absolute atomic E-state index is 0.100. The standard InChI is InChI=1S/C19H24N2O2S/c1-13-6-8-14(9-7-13)10-11-20-18(22)12-17-19(23)21-15-4-2-3-5-16(15)24-17/h6-9,12,15-16H,2-5,10-11H2,1H3,(H,20,22)(H,21,23)/b17-12-.